The Hall–Kier alpha value is -1.33. The Morgan fingerprint density at radius 2 is 2.26 bits per heavy atom. The summed E-state index contributed by atoms with van der Waals surface area (Å²) in [6, 6.07) is 1.39. The average molecular weight is 285 g/mol. The molecule has 1 aliphatic carbocycles. The molecule has 0 atom stereocenters. The summed E-state index contributed by atoms with van der Waals surface area (Å²) in [5.74, 6) is -0.549. The first-order chi connectivity index (χ1) is 9.16. The first kappa shape index (κ1) is 14.1. The molecule has 0 bridgehead atoms. The maximum Gasteiger partial charge on any atom is 0.337 e. The number of carbonyl (C=O) groups is 1. The van der Waals surface area contributed by atoms with Gasteiger partial charge in [0.2, 0.25) is 0 Å². The van der Waals surface area contributed by atoms with Crippen molar-refractivity contribution in [3.05, 3.63) is 22.8 Å². The number of carboxylic acid groups (broad SMARTS) is 1. The third kappa shape index (κ3) is 4.08. The van der Waals surface area contributed by atoms with Gasteiger partial charge in [0, 0.05) is 12.7 Å². The van der Waals surface area contributed by atoms with E-state index < -0.39 is 5.97 Å². The van der Waals surface area contributed by atoms with Crippen LogP contribution in [-0.4, -0.2) is 35.3 Å². The van der Waals surface area contributed by atoms with Gasteiger partial charge < -0.3 is 15.2 Å². The van der Waals surface area contributed by atoms with E-state index in [1.54, 1.807) is 0 Å². The molecule has 0 saturated heterocycles. The highest BCUT2D eigenvalue weighted by molar-refractivity contribution is 6.33. The van der Waals surface area contributed by atoms with Crippen molar-refractivity contribution in [2.45, 2.75) is 31.8 Å². The van der Waals surface area contributed by atoms with Gasteiger partial charge in [0.1, 0.15) is 5.82 Å². The van der Waals surface area contributed by atoms with Crippen LogP contribution in [0.4, 0.5) is 5.82 Å². The maximum atomic E-state index is 10.7. The Morgan fingerprint density at radius 1 is 1.53 bits per heavy atom. The van der Waals surface area contributed by atoms with Crippen molar-refractivity contribution in [3.8, 4) is 0 Å². The number of carboxylic acids is 1. The number of ether oxygens (including phenoxy) is 1. The normalized spacial score (nSPS) is 15.6. The second-order valence-electron chi connectivity index (χ2n) is 4.56. The predicted molar refractivity (Wildman–Crippen MR) is 72.9 cm³/mol. The molecule has 0 aliphatic heterocycles. The summed E-state index contributed by atoms with van der Waals surface area (Å²) < 4.78 is 5.70. The van der Waals surface area contributed by atoms with E-state index in [2.05, 4.69) is 10.3 Å². The van der Waals surface area contributed by atoms with Gasteiger partial charge in [-0.3, -0.25) is 0 Å². The zero-order valence-corrected chi connectivity index (χ0v) is 11.3. The van der Waals surface area contributed by atoms with Gasteiger partial charge in [-0.25, -0.2) is 9.78 Å². The highest BCUT2D eigenvalue weighted by Gasteiger charge is 2.14. The highest BCUT2D eigenvalue weighted by atomic mass is 35.5. The first-order valence-electron chi connectivity index (χ1n) is 6.41. The van der Waals surface area contributed by atoms with E-state index in [-0.39, 0.29) is 5.56 Å². The average Bonchev–Trinajstić information content (AvgIpc) is 2.89. The van der Waals surface area contributed by atoms with Gasteiger partial charge in [-0.1, -0.05) is 24.4 Å². The second-order valence-corrected chi connectivity index (χ2v) is 4.97. The molecule has 0 amide bonds. The van der Waals surface area contributed by atoms with E-state index >= 15 is 0 Å². The van der Waals surface area contributed by atoms with Gasteiger partial charge >= 0.3 is 5.97 Å². The zero-order chi connectivity index (χ0) is 13.7. The monoisotopic (exact) mass is 284 g/mol. The lowest BCUT2D eigenvalue weighted by atomic mass is 10.3. The maximum absolute atomic E-state index is 10.7. The first-order valence-corrected chi connectivity index (χ1v) is 6.79. The molecule has 1 saturated carbocycles. The topological polar surface area (TPSA) is 71.5 Å². The third-order valence-electron chi connectivity index (χ3n) is 3.14. The number of pyridine rings is 1. The minimum atomic E-state index is -1.04. The van der Waals surface area contributed by atoms with Crippen molar-refractivity contribution in [2.75, 3.05) is 18.5 Å². The van der Waals surface area contributed by atoms with Crippen LogP contribution in [0.5, 0.6) is 0 Å². The lowest BCUT2D eigenvalue weighted by molar-refractivity contribution is 0.0658. The Bertz CT molecular complexity index is 448. The van der Waals surface area contributed by atoms with Crippen LogP contribution in [0.15, 0.2) is 12.3 Å². The molecule has 19 heavy (non-hydrogen) atoms. The summed E-state index contributed by atoms with van der Waals surface area (Å²) in [5.41, 5.74) is 0.0813. The van der Waals surface area contributed by atoms with Crippen LogP contribution >= 0.6 is 11.6 Å². The van der Waals surface area contributed by atoms with Crippen molar-refractivity contribution in [3.63, 3.8) is 0 Å². The predicted octanol–water partition coefficient (Wildman–Crippen LogP) is 2.80. The van der Waals surface area contributed by atoms with Crippen LogP contribution in [-0.2, 0) is 4.74 Å². The van der Waals surface area contributed by atoms with Gasteiger partial charge in [0.25, 0.3) is 0 Å². The van der Waals surface area contributed by atoms with Crippen LogP contribution in [0.1, 0.15) is 36.0 Å². The molecular weight excluding hydrogens is 268 g/mol. The molecule has 6 heteroatoms. The van der Waals surface area contributed by atoms with Gasteiger partial charge in [-0.2, -0.15) is 0 Å². The minimum Gasteiger partial charge on any atom is -0.478 e. The van der Waals surface area contributed by atoms with Gasteiger partial charge in [-0.05, 0) is 18.9 Å². The van der Waals surface area contributed by atoms with Crippen LogP contribution in [0.2, 0.25) is 5.02 Å². The summed E-state index contributed by atoms with van der Waals surface area (Å²) in [5, 5.41) is 12.1. The number of aromatic nitrogens is 1. The zero-order valence-electron chi connectivity index (χ0n) is 10.6. The number of nitrogens with one attached hydrogen (secondary N) is 1. The van der Waals surface area contributed by atoms with Gasteiger partial charge in [0.15, 0.2) is 0 Å². The molecule has 0 radical (unpaired) electrons. The van der Waals surface area contributed by atoms with Crippen molar-refractivity contribution in [1.82, 2.24) is 4.98 Å². The summed E-state index contributed by atoms with van der Waals surface area (Å²) in [7, 11) is 0. The number of hydrogen-bond acceptors (Lipinski definition) is 4. The molecular formula is C13H17ClN2O3. The van der Waals surface area contributed by atoms with Crippen molar-refractivity contribution < 1.29 is 14.6 Å². The van der Waals surface area contributed by atoms with E-state index in [0.717, 1.165) is 12.8 Å². The second kappa shape index (κ2) is 6.73. The standard InChI is InChI=1S/C13H17ClN2O3/c14-11-7-9(13(17)18)8-16-12(11)15-5-6-19-10-3-1-2-4-10/h7-8,10H,1-6H2,(H,15,16)(H,17,18). The van der Waals surface area contributed by atoms with E-state index in [1.807, 2.05) is 0 Å². The Labute approximate surface area is 116 Å². The fourth-order valence-corrected chi connectivity index (χ4v) is 2.37. The van der Waals surface area contributed by atoms with E-state index in [4.69, 9.17) is 21.4 Å². The number of hydrogen-bond donors (Lipinski definition) is 2. The largest absolute Gasteiger partial charge is 0.478 e. The van der Waals surface area contributed by atoms with Gasteiger partial charge in [-0.15, -0.1) is 0 Å². The number of halogens is 1. The number of aromatic carboxylic acids is 1. The Kier molecular flexibility index (Phi) is 4.99. The molecule has 1 aromatic heterocycles. The smallest absolute Gasteiger partial charge is 0.337 e. The van der Waals surface area contributed by atoms with Crippen LogP contribution in [0.25, 0.3) is 0 Å². The summed E-state index contributed by atoms with van der Waals surface area (Å²) in [6.07, 6.45) is 6.47. The fourth-order valence-electron chi connectivity index (χ4n) is 2.13. The van der Waals surface area contributed by atoms with Crippen LogP contribution in [0, 0.1) is 0 Å². The quantitative estimate of drug-likeness (QED) is 0.786. The lowest BCUT2D eigenvalue weighted by Gasteiger charge is -2.12. The summed E-state index contributed by atoms with van der Waals surface area (Å²) in [6.45, 7) is 1.21. The molecule has 5 nitrogen and oxygen atoms in total. The Morgan fingerprint density at radius 3 is 2.89 bits per heavy atom. The van der Waals surface area contributed by atoms with E-state index in [0.29, 0.717) is 30.1 Å². The molecule has 0 unspecified atom stereocenters. The van der Waals surface area contributed by atoms with Gasteiger partial charge in [0.05, 0.1) is 23.3 Å². The molecule has 0 aromatic carbocycles. The molecule has 2 rings (SSSR count). The van der Waals surface area contributed by atoms with Crippen LogP contribution < -0.4 is 5.32 Å². The minimum absolute atomic E-state index is 0.0813. The molecule has 1 fully saturated rings. The summed E-state index contributed by atoms with van der Waals surface area (Å²) in [4.78, 5) is 14.7. The third-order valence-corrected chi connectivity index (χ3v) is 3.43. The van der Waals surface area contributed by atoms with E-state index in [1.165, 1.54) is 25.1 Å². The molecule has 1 aromatic rings. The summed E-state index contributed by atoms with van der Waals surface area (Å²) >= 11 is 5.95. The molecule has 2 N–H and O–H groups in total. The SMILES string of the molecule is O=C(O)c1cnc(NCCOC2CCCC2)c(Cl)c1. The molecule has 0 spiro atoms. The van der Waals surface area contributed by atoms with Crippen molar-refractivity contribution in [1.29, 1.82) is 0 Å². The number of rotatable bonds is 6. The van der Waals surface area contributed by atoms with Crippen LogP contribution in [0.3, 0.4) is 0 Å². The molecule has 1 aliphatic rings. The molecule has 1 heterocycles. The van der Waals surface area contributed by atoms with Crippen molar-refractivity contribution >= 4 is 23.4 Å². The lowest BCUT2D eigenvalue weighted by Crippen LogP contribution is -2.16. The highest BCUT2D eigenvalue weighted by Crippen LogP contribution is 2.21. The molecule has 104 valence electrons. The van der Waals surface area contributed by atoms with E-state index in [9.17, 15) is 4.79 Å². The number of anilines is 1. The fraction of sp³-hybridized carbons (Fsp3) is 0.538. The Balaban J connectivity index is 1.77. The number of nitrogens with zero attached hydrogens (tertiary/aromatic N) is 1. The van der Waals surface area contributed by atoms with Crippen molar-refractivity contribution in [2.24, 2.45) is 0 Å².